The molecular formula is C15H26O2. The Bertz CT molecular complexity index is 219. The Morgan fingerprint density at radius 2 is 1.71 bits per heavy atom. The lowest BCUT2D eigenvalue weighted by atomic mass is 10.1. The van der Waals surface area contributed by atoms with E-state index >= 15 is 0 Å². The summed E-state index contributed by atoms with van der Waals surface area (Å²) in [4.78, 5) is 10.7. The minimum absolute atomic E-state index is 0.316. The van der Waals surface area contributed by atoms with Crippen LogP contribution in [0, 0.1) is 0 Å². The second-order valence-corrected chi connectivity index (χ2v) is 4.19. The predicted octanol–water partition coefficient (Wildman–Crippen LogP) is 4.41. The summed E-state index contributed by atoms with van der Waals surface area (Å²) >= 11 is 0. The Kier molecular flexibility index (Phi) is 12.2. The monoisotopic (exact) mass is 238 g/mol. The first-order chi connectivity index (χ1) is 8.31. The summed E-state index contributed by atoms with van der Waals surface area (Å²) in [5.74, 6) is -0.316. The van der Waals surface area contributed by atoms with Gasteiger partial charge in [0.25, 0.3) is 0 Å². The normalized spacial score (nSPS) is 10.6. The number of ether oxygens (including phenoxy) is 1. The molecule has 0 unspecified atom stereocenters. The van der Waals surface area contributed by atoms with Gasteiger partial charge in [0.2, 0.25) is 0 Å². The van der Waals surface area contributed by atoms with Crippen molar-refractivity contribution in [1.29, 1.82) is 0 Å². The first-order valence-electron chi connectivity index (χ1n) is 6.75. The van der Waals surface area contributed by atoms with Crippen LogP contribution in [0.5, 0.6) is 0 Å². The van der Waals surface area contributed by atoms with E-state index in [-0.39, 0.29) is 5.97 Å². The summed E-state index contributed by atoms with van der Waals surface area (Å²) in [6.07, 6.45) is 15.3. The molecule has 0 saturated carbocycles. The minimum atomic E-state index is -0.316. The van der Waals surface area contributed by atoms with E-state index in [0.29, 0.717) is 6.61 Å². The van der Waals surface area contributed by atoms with E-state index in [9.17, 15) is 4.79 Å². The van der Waals surface area contributed by atoms with Gasteiger partial charge in [-0.05, 0) is 25.7 Å². The third kappa shape index (κ3) is 12.9. The molecule has 17 heavy (non-hydrogen) atoms. The zero-order valence-electron chi connectivity index (χ0n) is 11.1. The minimum Gasteiger partial charge on any atom is -0.463 e. The zero-order valence-corrected chi connectivity index (χ0v) is 11.1. The standard InChI is InChI=1S/C15H26O2/c1-3-5-6-7-8-9-10-11-12-13-14-17-15(16)4-2/h4,7-8H,2-3,5-6,9-14H2,1H3/b8-7-. The molecule has 0 aromatic rings. The summed E-state index contributed by atoms with van der Waals surface area (Å²) in [5.41, 5.74) is 0. The molecule has 0 saturated heterocycles. The fourth-order valence-electron chi connectivity index (χ4n) is 1.51. The molecule has 0 aliphatic rings. The number of rotatable bonds is 11. The highest BCUT2D eigenvalue weighted by atomic mass is 16.5. The molecule has 0 aromatic heterocycles. The number of unbranched alkanes of at least 4 members (excludes halogenated alkanes) is 6. The lowest BCUT2D eigenvalue weighted by Gasteiger charge is -2.01. The first kappa shape index (κ1) is 16.0. The molecule has 2 heteroatoms. The van der Waals surface area contributed by atoms with Crippen LogP contribution in [-0.2, 0) is 9.53 Å². The Labute approximate surface area is 106 Å². The number of carbonyl (C=O) groups excluding carboxylic acids is 1. The van der Waals surface area contributed by atoms with E-state index in [0.717, 1.165) is 12.8 Å². The second-order valence-electron chi connectivity index (χ2n) is 4.19. The van der Waals surface area contributed by atoms with Crippen molar-refractivity contribution in [3.63, 3.8) is 0 Å². The Balaban J connectivity index is 3.10. The Hall–Kier alpha value is -1.05. The third-order valence-electron chi connectivity index (χ3n) is 2.57. The topological polar surface area (TPSA) is 26.3 Å². The number of hydrogen-bond acceptors (Lipinski definition) is 2. The molecule has 0 atom stereocenters. The summed E-state index contributed by atoms with van der Waals surface area (Å²) in [5, 5.41) is 0. The molecule has 0 aromatic carbocycles. The van der Waals surface area contributed by atoms with Crippen LogP contribution in [0.25, 0.3) is 0 Å². The second kappa shape index (κ2) is 13.0. The lowest BCUT2D eigenvalue weighted by Crippen LogP contribution is -2.01. The van der Waals surface area contributed by atoms with Crippen molar-refractivity contribution < 1.29 is 9.53 Å². The number of esters is 1. The molecular weight excluding hydrogens is 212 g/mol. The van der Waals surface area contributed by atoms with Crippen LogP contribution in [0.15, 0.2) is 24.8 Å². The van der Waals surface area contributed by atoms with Crippen molar-refractivity contribution in [1.82, 2.24) is 0 Å². The molecule has 2 nitrogen and oxygen atoms in total. The molecule has 0 radical (unpaired) electrons. The van der Waals surface area contributed by atoms with Gasteiger partial charge < -0.3 is 4.74 Å². The molecule has 0 fully saturated rings. The van der Waals surface area contributed by atoms with E-state index in [1.165, 1.54) is 44.6 Å². The van der Waals surface area contributed by atoms with Crippen molar-refractivity contribution >= 4 is 5.97 Å². The van der Waals surface area contributed by atoms with Gasteiger partial charge in [0, 0.05) is 6.08 Å². The molecule has 0 aliphatic heterocycles. The van der Waals surface area contributed by atoms with Crippen molar-refractivity contribution in [2.75, 3.05) is 6.61 Å². The van der Waals surface area contributed by atoms with Gasteiger partial charge in [-0.1, -0.05) is 51.3 Å². The van der Waals surface area contributed by atoms with Gasteiger partial charge in [-0.2, -0.15) is 0 Å². The predicted molar refractivity (Wildman–Crippen MR) is 72.9 cm³/mol. The quantitative estimate of drug-likeness (QED) is 0.231. The highest BCUT2D eigenvalue weighted by Gasteiger charge is 1.94. The zero-order chi connectivity index (χ0) is 12.8. The van der Waals surface area contributed by atoms with Crippen LogP contribution in [0.1, 0.15) is 58.3 Å². The van der Waals surface area contributed by atoms with Crippen LogP contribution in [-0.4, -0.2) is 12.6 Å². The van der Waals surface area contributed by atoms with Gasteiger partial charge >= 0.3 is 5.97 Å². The molecule has 0 bridgehead atoms. The largest absolute Gasteiger partial charge is 0.463 e. The van der Waals surface area contributed by atoms with Crippen molar-refractivity contribution in [3.05, 3.63) is 24.8 Å². The molecule has 0 heterocycles. The maximum Gasteiger partial charge on any atom is 0.330 e. The maximum atomic E-state index is 10.7. The molecule has 0 spiro atoms. The van der Waals surface area contributed by atoms with Crippen molar-refractivity contribution in [2.45, 2.75) is 58.3 Å². The SMILES string of the molecule is C=CC(=O)OCCCCCC/C=C\CCCC. The van der Waals surface area contributed by atoms with Crippen LogP contribution < -0.4 is 0 Å². The third-order valence-corrected chi connectivity index (χ3v) is 2.57. The molecule has 0 aliphatic carbocycles. The average molecular weight is 238 g/mol. The highest BCUT2D eigenvalue weighted by molar-refractivity contribution is 5.81. The van der Waals surface area contributed by atoms with Crippen LogP contribution in [0.4, 0.5) is 0 Å². The van der Waals surface area contributed by atoms with E-state index in [1.807, 2.05) is 0 Å². The van der Waals surface area contributed by atoms with E-state index < -0.39 is 0 Å². The summed E-state index contributed by atoms with van der Waals surface area (Å²) in [6.45, 7) is 6.09. The molecule has 0 amide bonds. The summed E-state index contributed by atoms with van der Waals surface area (Å²) in [6, 6.07) is 0. The van der Waals surface area contributed by atoms with Gasteiger partial charge in [0.05, 0.1) is 6.61 Å². The molecule has 98 valence electrons. The van der Waals surface area contributed by atoms with E-state index in [1.54, 1.807) is 0 Å². The average Bonchev–Trinajstić information content (AvgIpc) is 2.35. The van der Waals surface area contributed by atoms with Gasteiger partial charge in [0.1, 0.15) is 0 Å². The smallest absolute Gasteiger partial charge is 0.330 e. The van der Waals surface area contributed by atoms with Gasteiger partial charge in [0.15, 0.2) is 0 Å². The lowest BCUT2D eigenvalue weighted by molar-refractivity contribution is -0.137. The summed E-state index contributed by atoms with van der Waals surface area (Å²) < 4.78 is 4.89. The highest BCUT2D eigenvalue weighted by Crippen LogP contribution is 2.05. The van der Waals surface area contributed by atoms with Crippen molar-refractivity contribution in [3.8, 4) is 0 Å². The molecule has 0 N–H and O–H groups in total. The summed E-state index contributed by atoms with van der Waals surface area (Å²) in [7, 11) is 0. The van der Waals surface area contributed by atoms with Crippen LogP contribution >= 0.6 is 0 Å². The van der Waals surface area contributed by atoms with Gasteiger partial charge in [-0.15, -0.1) is 0 Å². The fraction of sp³-hybridized carbons (Fsp3) is 0.667. The van der Waals surface area contributed by atoms with Gasteiger partial charge in [-0.25, -0.2) is 4.79 Å². The van der Waals surface area contributed by atoms with Gasteiger partial charge in [-0.3, -0.25) is 0 Å². The Morgan fingerprint density at radius 3 is 2.35 bits per heavy atom. The number of allylic oxidation sites excluding steroid dienone is 2. The molecule has 0 rings (SSSR count). The number of hydrogen-bond donors (Lipinski definition) is 0. The van der Waals surface area contributed by atoms with E-state index in [4.69, 9.17) is 4.74 Å². The van der Waals surface area contributed by atoms with E-state index in [2.05, 4.69) is 25.7 Å². The van der Waals surface area contributed by atoms with Crippen LogP contribution in [0.3, 0.4) is 0 Å². The number of carbonyl (C=O) groups is 1. The fourth-order valence-corrected chi connectivity index (χ4v) is 1.51. The maximum absolute atomic E-state index is 10.7. The van der Waals surface area contributed by atoms with Crippen LogP contribution in [0.2, 0.25) is 0 Å². The van der Waals surface area contributed by atoms with Crippen molar-refractivity contribution in [2.24, 2.45) is 0 Å². The Morgan fingerprint density at radius 1 is 1.06 bits per heavy atom. The first-order valence-corrected chi connectivity index (χ1v) is 6.75.